The molecule has 1 aliphatic rings. The Morgan fingerprint density at radius 1 is 0.767 bits per heavy atom. The van der Waals surface area contributed by atoms with Crippen LogP contribution in [-0.4, -0.2) is 62.6 Å². The molecule has 0 fully saturated rings. The molecule has 0 radical (unpaired) electrons. The van der Waals surface area contributed by atoms with Gasteiger partial charge in [0.15, 0.2) is 11.6 Å². The van der Waals surface area contributed by atoms with Gasteiger partial charge in [0.1, 0.15) is 11.5 Å². The van der Waals surface area contributed by atoms with Crippen LogP contribution in [-0.2, 0) is 6.42 Å². The molecule has 1 aliphatic heterocycles. The Morgan fingerprint density at radius 2 is 1.33 bits per heavy atom. The lowest BCUT2D eigenvalue weighted by atomic mass is 9.94. The second-order valence-corrected chi connectivity index (χ2v) is 8.58. The maximum absolute atomic E-state index is 12.5. The van der Waals surface area contributed by atoms with Gasteiger partial charge in [0.05, 0.1) is 0 Å². The van der Waals surface area contributed by atoms with Crippen molar-refractivity contribution in [3.05, 3.63) is 58.7 Å². The maximum atomic E-state index is 12.5. The van der Waals surface area contributed by atoms with Crippen LogP contribution < -0.4 is 4.74 Å². The third-order valence-electron chi connectivity index (χ3n) is 5.39. The maximum Gasteiger partial charge on any atom is 0.163 e. The van der Waals surface area contributed by atoms with Crippen LogP contribution in [0.1, 0.15) is 57.5 Å². The van der Waals surface area contributed by atoms with Crippen LogP contribution in [0.25, 0.3) is 0 Å². The van der Waals surface area contributed by atoms with Crippen molar-refractivity contribution in [2.45, 2.75) is 32.1 Å². The van der Waals surface area contributed by atoms with Crippen molar-refractivity contribution < 1.29 is 14.3 Å². The average Bonchev–Trinajstić information content (AvgIpc) is 2.70. The fraction of sp³-hybridized carbons (Fsp3) is 0.440. The molecule has 0 atom stereocenters. The molecule has 3 rings (SSSR count). The van der Waals surface area contributed by atoms with Gasteiger partial charge in [0.25, 0.3) is 0 Å². The summed E-state index contributed by atoms with van der Waals surface area (Å²) in [6, 6.07) is 11.4. The zero-order valence-corrected chi connectivity index (χ0v) is 18.5. The first-order chi connectivity index (χ1) is 14.3. The fourth-order valence-corrected chi connectivity index (χ4v) is 3.68. The van der Waals surface area contributed by atoms with E-state index in [9.17, 15) is 9.59 Å². The van der Waals surface area contributed by atoms with E-state index in [2.05, 4.69) is 9.80 Å². The lowest BCUT2D eigenvalue weighted by Gasteiger charge is -2.21. The molecule has 0 bridgehead atoms. The van der Waals surface area contributed by atoms with Gasteiger partial charge >= 0.3 is 0 Å². The second-order valence-electron chi connectivity index (χ2n) is 8.58. The van der Waals surface area contributed by atoms with Crippen LogP contribution in [0.4, 0.5) is 0 Å². The van der Waals surface area contributed by atoms with E-state index in [0.29, 0.717) is 24.8 Å². The SMILES string of the molecule is CN(C)CCCC(=O)c1ccc2c(c1)Cc1ccc(C(=O)CCCN(C)C)cc1O2. The van der Waals surface area contributed by atoms with Crippen molar-refractivity contribution in [2.24, 2.45) is 0 Å². The summed E-state index contributed by atoms with van der Waals surface area (Å²) >= 11 is 0. The van der Waals surface area contributed by atoms with E-state index in [1.807, 2.05) is 64.6 Å². The summed E-state index contributed by atoms with van der Waals surface area (Å²) in [5, 5.41) is 0. The molecule has 0 aliphatic carbocycles. The minimum atomic E-state index is 0.146. The summed E-state index contributed by atoms with van der Waals surface area (Å²) in [5.74, 6) is 1.83. The molecule has 2 aromatic carbocycles. The van der Waals surface area contributed by atoms with Crippen molar-refractivity contribution in [1.82, 2.24) is 9.80 Å². The summed E-state index contributed by atoms with van der Waals surface area (Å²) < 4.78 is 6.08. The molecule has 0 aromatic heterocycles. The number of carbonyl (C=O) groups excluding carboxylic acids is 2. The van der Waals surface area contributed by atoms with Crippen LogP contribution in [0.2, 0.25) is 0 Å². The van der Waals surface area contributed by atoms with Gasteiger partial charge in [-0.05, 0) is 84.0 Å². The van der Waals surface area contributed by atoms with Crippen molar-refractivity contribution in [3.63, 3.8) is 0 Å². The summed E-state index contributed by atoms with van der Waals surface area (Å²) in [6.45, 7) is 1.81. The van der Waals surface area contributed by atoms with E-state index in [1.165, 1.54) is 0 Å². The Balaban J connectivity index is 1.67. The standard InChI is InChI=1S/C25H32N2O3/c1-26(2)13-5-7-22(28)18-11-12-24-21(15-18)16-20-10-9-19(17-25(20)30-24)23(29)8-6-14-27(3)4/h9-12,15,17H,5-8,13-14,16H2,1-4H3. The van der Waals surface area contributed by atoms with Gasteiger partial charge < -0.3 is 14.5 Å². The van der Waals surface area contributed by atoms with Gasteiger partial charge in [0, 0.05) is 36.0 Å². The zero-order chi connectivity index (χ0) is 21.7. The minimum absolute atomic E-state index is 0.146. The average molecular weight is 409 g/mol. The Labute approximate surface area is 179 Å². The second kappa shape index (κ2) is 10.0. The molecule has 30 heavy (non-hydrogen) atoms. The topological polar surface area (TPSA) is 49.9 Å². The smallest absolute Gasteiger partial charge is 0.163 e. The van der Waals surface area contributed by atoms with E-state index in [0.717, 1.165) is 54.1 Å². The number of rotatable bonds is 10. The van der Waals surface area contributed by atoms with Crippen LogP contribution in [0, 0.1) is 0 Å². The first-order valence-corrected chi connectivity index (χ1v) is 10.6. The number of carbonyl (C=O) groups is 2. The molecular weight excluding hydrogens is 376 g/mol. The van der Waals surface area contributed by atoms with Gasteiger partial charge in [0.2, 0.25) is 0 Å². The molecule has 1 heterocycles. The molecule has 5 nitrogen and oxygen atoms in total. The minimum Gasteiger partial charge on any atom is -0.457 e. The quantitative estimate of drug-likeness (QED) is 0.465. The molecule has 0 spiro atoms. The van der Waals surface area contributed by atoms with Gasteiger partial charge in [-0.3, -0.25) is 9.59 Å². The number of hydrogen-bond acceptors (Lipinski definition) is 5. The molecule has 0 amide bonds. The number of ether oxygens (including phenoxy) is 1. The first kappa shape index (κ1) is 22.2. The first-order valence-electron chi connectivity index (χ1n) is 10.6. The number of nitrogens with zero attached hydrogens (tertiary/aromatic N) is 2. The van der Waals surface area contributed by atoms with Crippen molar-refractivity contribution in [3.8, 4) is 11.5 Å². The lowest BCUT2D eigenvalue weighted by Crippen LogP contribution is -2.14. The highest BCUT2D eigenvalue weighted by Gasteiger charge is 2.20. The van der Waals surface area contributed by atoms with Gasteiger partial charge in [-0.2, -0.15) is 0 Å². The van der Waals surface area contributed by atoms with E-state index >= 15 is 0 Å². The zero-order valence-electron chi connectivity index (χ0n) is 18.5. The highest BCUT2D eigenvalue weighted by atomic mass is 16.5. The molecule has 0 unspecified atom stereocenters. The Morgan fingerprint density at radius 3 is 1.93 bits per heavy atom. The Hall–Kier alpha value is -2.50. The van der Waals surface area contributed by atoms with Crippen LogP contribution in [0.3, 0.4) is 0 Å². The third-order valence-corrected chi connectivity index (χ3v) is 5.39. The summed E-state index contributed by atoms with van der Waals surface area (Å²) in [5.41, 5.74) is 3.51. The highest BCUT2D eigenvalue weighted by Crippen LogP contribution is 2.37. The van der Waals surface area contributed by atoms with E-state index in [1.54, 1.807) is 0 Å². The summed E-state index contributed by atoms with van der Waals surface area (Å²) in [7, 11) is 8.05. The molecule has 5 heteroatoms. The van der Waals surface area contributed by atoms with Crippen molar-refractivity contribution in [2.75, 3.05) is 41.3 Å². The Bertz CT molecular complexity index is 843. The third kappa shape index (κ3) is 5.77. The van der Waals surface area contributed by atoms with Gasteiger partial charge in [-0.15, -0.1) is 0 Å². The van der Waals surface area contributed by atoms with E-state index in [-0.39, 0.29) is 11.6 Å². The number of Topliss-reactive ketones (excluding diaryl/α,β-unsaturated/α-hetero) is 2. The lowest BCUT2D eigenvalue weighted by molar-refractivity contribution is 0.0969. The van der Waals surface area contributed by atoms with Crippen molar-refractivity contribution >= 4 is 11.6 Å². The molecule has 0 saturated carbocycles. The number of hydrogen-bond donors (Lipinski definition) is 0. The normalized spacial score (nSPS) is 12.5. The number of benzene rings is 2. The molecule has 0 saturated heterocycles. The Kier molecular flexibility index (Phi) is 7.40. The monoisotopic (exact) mass is 408 g/mol. The summed E-state index contributed by atoms with van der Waals surface area (Å²) in [4.78, 5) is 29.2. The van der Waals surface area contributed by atoms with Crippen LogP contribution >= 0.6 is 0 Å². The number of fused-ring (bicyclic) bond motifs is 2. The molecule has 160 valence electrons. The van der Waals surface area contributed by atoms with Crippen LogP contribution in [0.5, 0.6) is 11.5 Å². The van der Waals surface area contributed by atoms with E-state index in [4.69, 9.17) is 4.74 Å². The molecule has 2 aromatic rings. The predicted octanol–water partition coefficient (Wildman–Crippen LogP) is 4.43. The summed E-state index contributed by atoms with van der Waals surface area (Å²) in [6.07, 6.45) is 3.49. The van der Waals surface area contributed by atoms with Gasteiger partial charge in [-0.25, -0.2) is 0 Å². The number of ketones is 2. The van der Waals surface area contributed by atoms with E-state index < -0.39 is 0 Å². The fourth-order valence-electron chi connectivity index (χ4n) is 3.68. The van der Waals surface area contributed by atoms with Crippen LogP contribution in [0.15, 0.2) is 36.4 Å². The largest absolute Gasteiger partial charge is 0.457 e. The van der Waals surface area contributed by atoms with Gasteiger partial charge in [-0.1, -0.05) is 12.1 Å². The predicted molar refractivity (Wildman–Crippen MR) is 120 cm³/mol. The molecule has 0 N–H and O–H groups in total. The highest BCUT2D eigenvalue weighted by molar-refractivity contribution is 5.97. The molecular formula is C25H32N2O3. The van der Waals surface area contributed by atoms with Crippen molar-refractivity contribution in [1.29, 1.82) is 0 Å².